The fraction of sp³-hybridized carbons (Fsp3) is 0.611. The van der Waals surface area contributed by atoms with Crippen molar-refractivity contribution in [2.75, 3.05) is 33.7 Å². The summed E-state index contributed by atoms with van der Waals surface area (Å²) < 4.78 is 0. The number of Topliss-reactive ketones (excluding diaryl/α,β-unsaturated/α-hetero) is 1. The number of aryl methyl sites for hydroxylation is 2. The van der Waals surface area contributed by atoms with E-state index in [4.69, 9.17) is 0 Å². The SMILES string of the molecule is Cc1cc(C)cc(C(=O)CCN(C)C2CCCN(C)C2)c1. The largest absolute Gasteiger partial charge is 0.305 e. The molecule has 1 fully saturated rings. The molecule has 1 saturated heterocycles. The Balaban J connectivity index is 1.88. The van der Waals surface area contributed by atoms with Crippen molar-refractivity contribution in [2.24, 2.45) is 0 Å². The van der Waals surface area contributed by atoms with Gasteiger partial charge in [0.15, 0.2) is 5.78 Å². The maximum absolute atomic E-state index is 12.4. The summed E-state index contributed by atoms with van der Waals surface area (Å²) in [5.41, 5.74) is 3.20. The summed E-state index contributed by atoms with van der Waals surface area (Å²) in [5, 5.41) is 0. The van der Waals surface area contributed by atoms with Crippen molar-refractivity contribution in [3.8, 4) is 0 Å². The molecule has 3 nitrogen and oxygen atoms in total. The van der Waals surface area contributed by atoms with Crippen LogP contribution in [0.15, 0.2) is 18.2 Å². The second-order valence-corrected chi connectivity index (χ2v) is 6.59. The van der Waals surface area contributed by atoms with Gasteiger partial charge < -0.3 is 9.80 Å². The molecule has 0 bridgehead atoms. The predicted octanol–water partition coefficient (Wildman–Crippen LogP) is 2.90. The van der Waals surface area contributed by atoms with Crippen molar-refractivity contribution in [2.45, 2.75) is 39.2 Å². The lowest BCUT2D eigenvalue weighted by Gasteiger charge is -2.35. The number of hydrogen-bond acceptors (Lipinski definition) is 3. The van der Waals surface area contributed by atoms with Gasteiger partial charge in [-0.3, -0.25) is 4.79 Å². The summed E-state index contributed by atoms with van der Waals surface area (Å²) >= 11 is 0. The van der Waals surface area contributed by atoms with Crippen molar-refractivity contribution in [1.29, 1.82) is 0 Å². The van der Waals surface area contributed by atoms with Crippen LogP contribution >= 0.6 is 0 Å². The quantitative estimate of drug-likeness (QED) is 0.778. The highest BCUT2D eigenvalue weighted by Gasteiger charge is 2.21. The maximum atomic E-state index is 12.4. The summed E-state index contributed by atoms with van der Waals surface area (Å²) in [6.07, 6.45) is 3.12. The highest BCUT2D eigenvalue weighted by molar-refractivity contribution is 5.96. The third-order valence-corrected chi connectivity index (χ3v) is 4.46. The standard InChI is InChI=1S/C18H28N2O/c1-14-10-15(2)12-16(11-14)18(21)7-9-20(4)17-6-5-8-19(3)13-17/h10-12,17H,5-9,13H2,1-4H3. The van der Waals surface area contributed by atoms with Gasteiger partial charge in [-0.1, -0.05) is 17.2 Å². The molecule has 0 aromatic heterocycles. The lowest BCUT2D eigenvalue weighted by atomic mass is 10.0. The molecule has 1 unspecified atom stereocenters. The monoisotopic (exact) mass is 288 g/mol. The van der Waals surface area contributed by atoms with Crippen molar-refractivity contribution in [3.63, 3.8) is 0 Å². The summed E-state index contributed by atoms with van der Waals surface area (Å²) in [7, 11) is 4.33. The first kappa shape index (κ1) is 16.2. The molecule has 1 atom stereocenters. The predicted molar refractivity (Wildman–Crippen MR) is 88.0 cm³/mol. The van der Waals surface area contributed by atoms with Gasteiger partial charge in [0.05, 0.1) is 0 Å². The number of nitrogens with zero attached hydrogens (tertiary/aromatic N) is 2. The molecule has 0 aliphatic carbocycles. The second kappa shape index (κ2) is 7.19. The maximum Gasteiger partial charge on any atom is 0.164 e. The molecule has 2 rings (SSSR count). The lowest BCUT2D eigenvalue weighted by Crippen LogP contribution is -2.45. The number of likely N-dealkylation sites (N-methyl/N-ethyl adjacent to an activating group) is 2. The Bertz CT molecular complexity index is 478. The zero-order valence-electron chi connectivity index (χ0n) is 13.9. The van der Waals surface area contributed by atoms with E-state index in [1.54, 1.807) is 0 Å². The van der Waals surface area contributed by atoms with Gasteiger partial charge >= 0.3 is 0 Å². The number of piperidine rings is 1. The van der Waals surface area contributed by atoms with E-state index in [2.05, 4.69) is 30.0 Å². The van der Waals surface area contributed by atoms with Gasteiger partial charge in [0.25, 0.3) is 0 Å². The van der Waals surface area contributed by atoms with Gasteiger partial charge in [0.1, 0.15) is 0 Å². The minimum Gasteiger partial charge on any atom is -0.305 e. The zero-order chi connectivity index (χ0) is 15.4. The molecule has 1 aromatic rings. The van der Waals surface area contributed by atoms with Crippen LogP contribution in [0.1, 0.15) is 40.7 Å². The number of benzene rings is 1. The Morgan fingerprint density at radius 3 is 2.57 bits per heavy atom. The molecule has 1 heterocycles. The highest BCUT2D eigenvalue weighted by atomic mass is 16.1. The number of hydrogen-bond donors (Lipinski definition) is 0. The molecule has 0 radical (unpaired) electrons. The Morgan fingerprint density at radius 2 is 1.95 bits per heavy atom. The van der Waals surface area contributed by atoms with Gasteiger partial charge in [-0.25, -0.2) is 0 Å². The fourth-order valence-corrected chi connectivity index (χ4v) is 3.24. The van der Waals surface area contributed by atoms with Crippen LogP contribution in [0.3, 0.4) is 0 Å². The third-order valence-electron chi connectivity index (χ3n) is 4.46. The van der Waals surface area contributed by atoms with E-state index in [0.29, 0.717) is 12.5 Å². The van der Waals surface area contributed by atoms with Gasteiger partial charge in [-0.15, -0.1) is 0 Å². The van der Waals surface area contributed by atoms with Crippen LogP contribution in [0, 0.1) is 13.8 Å². The van der Waals surface area contributed by atoms with Crippen LogP contribution in [-0.2, 0) is 0 Å². The first-order valence-electron chi connectivity index (χ1n) is 7.96. The summed E-state index contributed by atoms with van der Waals surface area (Å²) in [5.74, 6) is 0.262. The minimum atomic E-state index is 0.262. The van der Waals surface area contributed by atoms with E-state index >= 15 is 0 Å². The Kier molecular flexibility index (Phi) is 5.54. The third kappa shape index (κ3) is 4.65. The molecule has 0 saturated carbocycles. The summed E-state index contributed by atoms with van der Waals surface area (Å²) in [6.45, 7) is 7.27. The van der Waals surface area contributed by atoms with Crippen LogP contribution in [-0.4, -0.2) is 55.4 Å². The Hall–Kier alpha value is -1.19. The van der Waals surface area contributed by atoms with E-state index < -0.39 is 0 Å². The van der Waals surface area contributed by atoms with Crippen molar-refractivity contribution < 1.29 is 4.79 Å². The van der Waals surface area contributed by atoms with Gasteiger partial charge in [-0.2, -0.15) is 0 Å². The van der Waals surface area contributed by atoms with Crippen molar-refractivity contribution in [1.82, 2.24) is 9.80 Å². The zero-order valence-corrected chi connectivity index (χ0v) is 13.9. The van der Waals surface area contributed by atoms with Crippen LogP contribution in [0.2, 0.25) is 0 Å². The average Bonchev–Trinajstić information content (AvgIpc) is 2.43. The average molecular weight is 288 g/mol. The number of rotatable bonds is 5. The van der Waals surface area contributed by atoms with E-state index in [1.165, 1.54) is 30.5 Å². The molecule has 0 amide bonds. The molecular formula is C18H28N2O. The van der Waals surface area contributed by atoms with Gasteiger partial charge in [0.2, 0.25) is 0 Å². The number of ketones is 1. The number of carbonyl (C=O) groups excluding carboxylic acids is 1. The van der Waals surface area contributed by atoms with E-state index in [9.17, 15) is 4.79 Å². The Labute approximate surface area is 128 Å². The normalized spacial score (nSPS) is 20.0. The Morgan fingerprint density at radius 1 is 1.29 bits per heavy atom. The van der Waals surface area contributed by atoms with Crippen LogP contribution in [0.25, 0.3) is 0 Å². The molecule has 0 N–H and O–H groups in total. The number of likely N-dealkylation sites (tertiary alicyclic amines) is 1. The topological polar surface area (TPSA) is 23.6 Å². The van der Waals surface area contributed by atoms with Crippen molar-refractivity contribution >= 4 is 5.78 Å². The van der Waals surface area contributed by atoms with Crippen molar-refractivity contribution in [3.05, 3.63) is 34.9 Å². The molecular weight excluding hydrogens is 260 g/mol. The van der Waals surface area contributed by atoms with Crippen LogP contribution in [0.5, 0.6) is 0 Å². The van der Waals surface area contributed by atoms with Gasteiger partial charge in [0, 0.05) is 31.1 Å². The van der Waals surface area contributed by atoms with E-state index in [0.717, 1.165) is 18.7 Å². The molecule has 21 heavy (non-hydrogen) atoms. The first-order valence-corrected chi connectivity index (χ1v) is 7.96. The van der Waals surface area contributed by atoms with Crippen LogP contribution < -0.4 is 0 Å². The molecule has 1 aromatic carbocycles. The molecule has 116 valence electrons. The molecule has 0 spiro atoms. The summed E-state index contributed by atoms with van der Waals surface area (Å²) in [6, 6.07) is 6.71. The highest BCUT2D eigenvalue weighted by Crippen LogP contribution is 2.15. The smallest absolute Gasteiger partial charge is 0.164 e. The second-order valence-electron chi connectivity index (χ2n) is 6.59. The van der Waals surface area contributed by atoms with E-state index in [1.807, 2.05) is 26.0 Å². The minimum absolute atomic E-state index is 0.262. The van der Waals surface area contributed by atoms with E-state index in [-0.39, 0.29) is 5.78 Å². The number of carbonyl (C=O) groups is 1. The molecule has 1 aliphatic heterocycles. The molecule has 3 heteroatoms. The first-order chi connectivity index (χ1) is 9.95. The molecule has 1 aliphatic rings. The lowest BCUT2D eigenvalue weighted by molar-refractivity contribution is 0.0931. The van der Waals surface area contributed by atoms with Gasteiger partial charge in [-0.05, 0) is 59.5 Å². The fourth-order valence-electron chi connectivity index (χ4n) is 3.24. The van der Waals surface area contributed by atoms with Crippen LogP contribution in [0.4, 0.5) is 0 Å². The summed E-state index contributed by atoms with van der Waals surface area (Å²) in [4.78, 5) is 17.1.